The maximum atomic E-state index is 12.2. The number of benzene rings is 2. The van der Waals surface area contributed by atoms with Gasteiger partial charge in [-0.05, 0) is 55.3 Å². The van der Waals surface area contributed by atoms with E-state index in [1.54, 1.807) is 6.08 Å². The van der Waals surface area contributed by atoms with E-state index in [-0.39, 0.29) is 11.0 Å². The third-order valence-electron chi connectivity index (χ3n) is 5.20. The number of ether oxygens (including phenoxy) is 1. The Morgan fingerprint density at radius 3 is 1.74 bits per heavy atom. The zero-order valence-corrected chi connectivity index (χ0v) is 20.9. The molecule has 4 heteroatoms. The standard InChI is InChI=1S/C27H36O3Si/c1-8-22(30-25(28)26(2,3)4)16-15-21-29-31(27(5,6)7,23-17-11-9-12-18-23)24-19-13-10-14-20-24/h8-20H,21H2,1-7H3/b16-15+,22-8-. The summed E-state index contributed by atoms with van der Waals surface area (Å²) in [7, 11) is -2.57. The fraction of sp³-hybridized carbons (Fsp3) is 0.370. The maximum Gasteiger partial charge on any atom is 0.316 e. The molecule has 0 bridgehead atoms. The molecule has 3 nitrogen and oxygen atoms in total. The van der Waals surface area contributed by atoms with Gasteiger partial charge in [0, 0.05) is 0 Å². The highest BCUT2D eigenvalue weighted by Crippen LogP contribution is 2.36. The first-order chi connectivity index (χ1) is 14.5. The van der Waals surface area contributed by atoms with Crippen LogP contribution in [0.4, 0.5) is 0 Å². The number of rotatable bonds is 7. The van der Waals surface area contributed by atoms with Crippen LogP contribution in [0.15, 0.2) is 84.7 Å². The second kappa shape index (κ2) is 10.3. The summed E-state index contributed by atoms with van der Waals surface area (Å²) in [4.78, 5) is 12.2. The maximum absolute atomic E-state index is 12.2. The van der Waals surface area contributed by atoms with Crippen molar-refractivity contribution in [2.24, 2.45) is 5.41 Å². The van der Waals surface area contributed by atoms with E-state index in [0.29, 0.717) is 12.4 Å². The predicted molar refractivity (Wildman–Crippen MR) is 132 cm³/mol. The summed E-state index contributed by atoms with van der Waals surface area (Å²) in [6, 6.07) is 21.1. The Labute approximate surface area is 188 Å². The lowest BCUT2D eigenvalue weighted by Crippen LogP contribution is -2.66. The number of allylic oxidation sites excluding steroid dienone is 2. The summed E-state index contributed by atoms with van der Waals surface area (Å²) < 4.78 is 12.3. The fourth-order valence-electron chi connectivity index (χ4n) is 3.55. The summed E-state index contributed by atoms with van der Waals surface area (Å²) >= 11 is 0. The molecule has 0 heterocycles. The van der Waals surface area contributed by atoms with Crippen molar-refractivity contribution in [1.82, 2.24) is 0 Å². The first kappa shape index (κ1) is 24.8. The van der Waals surface area contributed by atoms with E-state index in [1.807, 2.05) is 52.0 Å². The van der Waals surface area contributed by atoms with Crippen molar-refractivity contribution in [3.8, 4) is 0 Å². The molecular weight excluding hydrogens is 400 g/mol. The lowest BCUT2D eigenvalue weighted by molar-refractivity contribution is -0.148. The predicted octanol–water partition coefficient (Wildman–Crippen LogP) is 5.61. The van der Waals surface area contributed by atoms with Gasteiger partial charge in [0.05, 0.1) is 12.0 Å². The molecule has 2 aromatic carbocycles. The van der Waals surface area contributed by atoms with Crippen LogP contribution in [0.3, 0.4) is 0 Å². The second-order valence-electron chi connectivity index (χ2n) is 9.71. The van der Waals surface area contributed by atoms with E-state index in [2.05, 4.69) is 69.3 Å². The van der Waals surface area contributed by atoms with E-state index in [4.69, 9.17) is 9.16 Å². The molecule has 166 valence electrons. The van der Waals surface area contributed by atoms with Crippen molar-refractivity contribution in [3.63, 3.8) is 0 Å². The van der Waals surface area contributed by atoms with Crippen molar-refractivity contribution in [3.05, 3.63) is 84.7 Å². The molecule has 0 aliphatic rings. The molecule has 0 fully saturated rings. The molecule has 0 saturated heterocycles. The van der Waals surface area contributed by atoms with E-state index in [0.717, 1.165) is 0 Å². The van der Waals surface area contributed by atoms with Gasteiger partial charge in [-0.1, -0.05) is 87.5 Å². The van der Waals surface area contributed by atoms with Crippen LogP contribution in [0.2, 0.25) is 5.04 Å². The largest absolute Gasteiger partial charge is 0.427 e. The second-order valence-corrected chi connectivity index (χ2v) is 14.0. The third kappa shape index (κ3) is 6.05. The zero-order valence-electron chi connectivity index (χ0n) is 19.9. The molecule has 0 aliphatic carbocycles. The van der Waals surface area contributed by atoms with E-state index in [9.17, 15) is 4.79 Å². The van der Waals surface area contributed by atoms with Crippen molar-refractivity contribution >= 4 is 24.7 Å². The van der Waals surface area contributed by atoms with Gasteiger partial charge in [0.1, 0.15) is 5.76 Å². The molecule has 0 atom stereocenters. The summed E-state index contributed by atoms with van der Waals surface area (Å²) in [6.07, 6.45) is 5.55. The summed E-state index contributed by atoms with van der Waals surface area (Å²) in [5.41, 5.74) is -0.548. The first-order valence-electron chi connectivity index (χ1n) is 10.8. The van der Waals surface area contributed by atoms with Crippen LogP contribution < -0.4 is 10.4 Å². The number of hydrogen-bond acceptors (Lipinski definition) is 3. The summed E-state index contributed by atoms with van der Waals surface area (Å²) in [5, 5.41) is 2.41. The van der Waals surface area contributed by atoms with Gasteiger partial charge in [0.25, 0.3) is 8.32 Å². The molecule has 0 saturated carbocycles. The molecule has 0 radical (unpaired) electrons. The van der Waals surface area contributed by atoms with Crippen LogP contribution in [-0.2, 0) is 14.0 Å². The third-order valence-corrected chi connectivity index (χ3v) is 10.2. The van der Waals surface area contributed by atoms with Gasteiger partial charge in [-0.2, -0.15) is 0 Å². The van der Waals surface area contributed by atoms with Gasteiger partial charge < -0.3 is 9.16 Å². The van der Waals surface area contributed by atoms with Crippen LogP contribution in [0, 0.1) is 5.41 Å². The zero-order chi connectivity index (χ0) is 23.1. The molecule has 31 heavy (non-hydrogen) atoms. The molecule has 0 spiro atoms. The minimum absolute atomic E-state index is 0.0777. The lowest BCUT2D eigenvalue weighted by atomic mass is 9.97. The molecule has 0 aliphatic heterocycles. The smallest absolute Gasteiger partial charge is 0.316 e. The van der Waals surface area contributed by atoms with E-state index >= 15 is 0 Å². The average Bonchev–Trinajstić information content (AvgIpc) is 2.72. The molecule has 0 amide bonds. The van der Waals surface area contributed by atoms with Gasteiger partial charge >= 0.3 is 5.97 Å². The number of esters is 1. The monoisotopic (exact) mass is 436 g/mol. The van der Waals surface area contributed by atoms with Gasteiger partial charge in [-0.15, -0.1) is 0 Å². The fourth-order valence-corrected chi connectivity index (χ4v) is 8.05. The Hall–Kier alpha value is -2.43. The summed E-state index contributed by atoms with van der Waals surface area (Å²) in [5.74, 6) is 0.282. The normalized spacial score (nSPS) is 13.5. The van der Waals surface area contributed by atoms with Gasteiger partial charge in [0.15, 0.2) is 0 Å². The Balaban J connectivity index is 2.33. The van der Waals surface area contributed by atoms with Crippen molar-refractivity contribution in [2.75, 3.05) is 6.61 Å². The number of carbonyl (C=O) groups is 1. The van der Waals surface area contributed by atoms with Crippen molar-refractivity contribution < 1.29 is 14.0 Å². The summed E-state index contributed by atoms with van der Waals surface area (Å²) in [6.45, 7) is 14.6. The highest BCUT2D eigenvalue weighted by atomic mass is 28.4. The SMILES string of the molecule is C/C=C(/C=C/CO[Si](c1ccccc1)(c1ccccc1)C(C)(C)C)OC(=O)C(C)(C)C. The molecular formula is C27H36O3Si. The minimum atomic E-state index is -2.57. The Kier molecular flexibility index (Phi) is 8.21. The van der Waals surface area contributed by atoms with Crippen LogP contribution in [-0.4, -0.2) is 20.9 Å². The molecule has 0 unspecified atom stereocenters. The average molecular weight is 437 g/mol. The molecule has 2 rings (SSSR count). The topological polar surface area (TPSA) is 35.5 Å². The highest BCUT2D eigenvalue weighted by molar-refractivity contribution is 6.99. The molecule has 0 N–H and O–H groups in total. The van der Waals surface area contributed by atoms with Crippen LogP contribution in [0.1, 0.15) is 48.5 Å². The Morgan fingerprint density at radius 1 is 0.871 bits per heavy atom. The van der Waals surface area contributed by atoms with E-state index < -0.39 is 13.7 Å². The van der Waals surface area contributed by atoms with Crippen molar-refractivity contribution in [1.29, 1.82) is 0 Å². The lowest BCUT2D eigenvalue weighted by Gasteiger charge is -2.42. The van der Waals surface area contributed by atoms with Crippen LogP contribution in [0.5, 0.6) is 0 Å². The first-order valence-corrected chi connectivity index (χ1v) is 12.7. The Morgan fingerprint density at radius 2 is 1.35 bits per heavy atom. The molecule has 0 aromatic heterocycles. The van der Waals surface area contributed by atoms with Crippen LogP contribution >= 0.6 is 0 Å². The Bertz CT molecular complexity index is 861. The van der Waals surface area contributed by atoms with Gasteiger partial charge in [-0.25, -0.2) is 0 Å². The number of carbonyl (C=O) groups excluding carboxylic acids is 1. The number of hydrogen-bond donors (Lipinski definition) is 0. The van der Waals surface area contributed by atoms with Gasteiger partial charge in [-0.3, -0.25) is 4.79 Å². The van der Waals surface area contributed by atoms with Crippen molar-refractivity contribution in [2.45, 2.75) is 53.5 Å². The van der Waals surface area contributed by atoms with Gasteiger partial charge in [0.2, 0.25) is 0 Å². The van der Waals surface area contributed by atoms with E-state index in [1.165, 1.54) is 10.4 Å². The molecule has 2 aromatic rings. The quantitative estimate of drug-likeness (QED) is 0.245. The van der Waals surface area contributed by atoms with Crippen LogP contribution in [0.25, 0.3) is 0 Å². The highest BCUT2D eigenvalue weighted by Gasteiger charge is 2.49. The minimum Gasteiger partial charge on any atom is -0.427 e.